The molecule has 3 aromatic rings. The van der Waals surface area contributed by atoms with Crippen molar-refractivity contribution in [3.63, 3.8) is 0 Å². The maximum atomic E-state index is 4.99. The van der Waals surface area contributed by atoms with Crippen molar-refractivity contribution in [2.24, 2.45) is 0 Å². The standard InChI is InChI=1S/C19H17N3/c1-2-8-14-13(7-1)17-18(19(14)22-11-5-6-12-22)21-16-10-4-3-9-15(16)20-17/h1-4,7-10,19H,5-6,11-12H2. The first-order valence-electron chi connectivity index (χ1n) is 8.02. The molecule has 3 heteroatoms. The predicted octanol–water partition coefficient (Wildman–Crippen LogP) is 3.80. The van der Waals surface area contributed by atoms with Gasteiger partial charge in [0.1, 0.15) is 0 Å². The Hall–Kier alpha value is -2.26. The molecule has 108 valence electrons. The van der Waals surface area contributed by atoms with E-state index < -0.39 is 0 Å². The summed E-state index contributed by atoms with van der Waals surface area (Å²) in [5, 5.41) is 0. The molecular weight excluding hydrogens is 270 g/mol. The van der Waals surface area contributed by atoms with Gasteiger partial charge in [-0.3, -0.25) is 4.90 Å². The number of benzene rings is 2. The van der Waals surface area contributed by atoms with Crippen molar-refractivity contribution in [3.05, 3.63) is 59.8 Å². The van der Waals surface area contributed by atoms with Crippen LogP contribution in [-0.2, 0) is 0 Å². The lowest BCUT2D eigenvalue weighted by atomic mass is 10.1. The van der Waals surface area contributed by atoms with E-state index in [1.54, 1.807) is 0 Å². The molecule has 1 aliphatic carbocycles. The van der Waals surface area contributed by atoms with Crippen LogP contribution in [0.2, 0.25) is 0 Å². The van der Waals surface area contributed by atoms with Gasteiger partial charge in [0.2, 0.25) is 0 Å². The second-order valence-electron chi connectivity index (χ2n) is 6.18. The number of para-hydroxylation sites is 2. The van der Waals surface area contributed by atoms with Crippen LogP contribution < -0.4 is 0 Å². The van der Waals surface area contributed by atoms with E-state index in [2.05, 4.69) is 41.3 Å². The molecule has 2 aliphatic rings. The molecule has 1 unspecified atom stereocenters. The third kappa shape index (κ3) is 1.66. The summed E-state index contributed by atoms with van der Waals surface area (Å²) in [7, 11) is 0. The first-order chi connectivity index (χ1) is 10.9. The van der Waals surface area contributed by atoms with Gasteiger partial charge in [0.05, 0.1) is 28.5 Å². The fourth-order valence-electron chi connectivity index (χ4n) is 3.87. The third-order valence-electron chi connectivity index (χ3n) is 4.87. The van der Waals surface area contributed by atoms with Crippen molar-refractivity contribution in [1.82, 2.24) is 14.9 Å². The Labute approximate surface area is 129 Å². The molecule has 0 radical (unpaired) electrons. The average molecular weight is 287 g/mol. The highest BCUT2D eigenvalue weighted by molar-refractivity contribution is 5.82. The Bertz CT molecular complexity index is 865. The minimum atomic E-state index is 0.283. The fraction of sp³-hybridized carbons (Fsp3) is 0.263. The smallest absolute Gasteiger partial charge is 0.0948 e. The third-order valence-corrected chi connectivity index (χ3v) is 4.87. The molecule has 2 aromatic carbocycles. The van der Waals surface area contributed by atoms with E-state index in [1.165, 1.54) is 24.0 Å². The molecule has 1 saturated heterocycles. The lowest BCUT2D eigenvalue weighted by Crippen LogP contribution is -2.25. The highest BCUT2D eigenvalue weighted by Gasteiger charge is 2.36. The Morgan fingerprint density at radius 2 is 1.50 bits per heavy atom. The molecule has 5 rings (SSSR count). The topological polar surface area (TPSA) is 29.0 Å². The highest BCUT2D eigenvalue weighted by atomic mass is 15.2. The van der Waals surface area contributed by atoms with E-state index in [0.29, 0.717) is 0 Å². The molecule has 0 bridgehead atoms. The van der Waals surface area contributed by atoms with E-state index in [4.69, 9.17) is 9.97 Å². The summed E-state index contributed by atoms with van der Waals surface area (Å²) in [4.78, 5) is 12.5. The van der Waals surface area contributed by atoms with Crippen LogP contribution >= 0.6 is 0 Å². The van der Waals surface area contributed by atoms with Crippen LogP contribution in [-0.4, -0.2) is 28.0 Å². The van der Waals surface area contributed by atoms with Crippen LogP contribution in [0.1, 0.15) is 30.1 Å². The maximum Gasteiger partial charge on any atom is 0.0948 e. The minimum Gasteiger partial charge on any atom is -0.291 e. The molecule has 0 amide bonds. The molecule has 0 spiro atoms. The van der Waals surface area contributed by atoms with Gasteiger partial charge in [-0.2, -0.15) is 0 Å². The van der Waals surface area contributed by atoms with Crippen LogP contribution in [0.25, 0.3) is 22.3 Å². The van der Waals surface area contributed by atoms with Crippen LogP contribution in [0.4, 0.5) is 0 Å². The molecule has 22 heavy (non-hydrogen) atoms. The number of likely N-dealkylation sites (tertiary alicyclic amines) is 1. The molecule has 1 fully saturated rings. The lowest BCUT2D eigenvalue weighted by Gasteiger charge is -2.24. The SMILES string of the molecule is c1ccc2c(c1)-c1nc3ccccc3nc1C2N1CCCC1. The van der Waals surface area contributed by atoms with Crippen molar-refractivity contribution < 1.29 is 0 Å². The van der Waals surface area contributed by atoms with Crippen molar-refractivity contribution in [1.29, 1.82) is 0 Å². The van der Waals surface area contributed by atoms with E-state index in [-0.39, 0.29) is 6.04 Å². The van der Waals surface area contributed by atoms with Crippen LogP contribution in [0.5, 0.6) is 0 Å². The highest BCUT2D eigenvalue weighted by Crippen LogP contribution is 2.45. The lowest BCUT2D eigenvalue weighted by molar-refractivity contribution is 0.281. The van der Waals surface area contributed by atoms with Gasteiger partial charge in [-0.15, -0.1) is 0 Å². The predicted molar refractivity (Wildman–Crippen MR) is 87.6 cm³/mol. The Kier molecular flexibility index (Phi) is 2.58. The molecule has 2 heterocycles. The Morgan fingerprint density at radius 3 is 2.32 bits per heavy atom. The number of nitrogens with zero attached hydrogens (tertiary/aromatic N) is 3. The summed E-state index contributed by atoms with van der Waals surface area (Å²) in [6, 6.07) is 17.1. The van der Waals surface area contributed by atoms with Gasteiger partial charge < -0.3 is 0 Å². The van der Waals surface area contributed by atoms with Gasteiger partial charge in [0.25, 0.3) is 0 Å². The van der Waals surface area contributed by atoms with E-state index in [0.717, 1.165) is 35.5 Å². The largest absolute Gasteiger partial charge is 0.291 e. The molecule has 1 atom stereocenters. The molecule has 1 aromatic heterocycles. The van der Waals surface area contributed by atoms with E-state index in [1.807, 2.05) is 12.1 Å². The first-order valence-corrected chi connectivity index (χ1v) is 8.02. The second-order valence-corrected chi connectivity index (χ2v) is 6.18. The van der Waals surface area contributed by atoms with Gasteiger partial charge in [-0.05, 0) is 43.6 Å². The monoisotopic (exact) mass is 287 g/mol. The van der Waals surface area contributed by atoms with E-state index >= 15 is 0 Å². The minimum absolute atomic E-state index is 0.283. The van der Waals surface area contributed by atoms with Crippen molar-refractivity contribution in [2.45, 2.75) is 18.9 Å². The second kappa shape index (κ2) is 4.62. The van der Waals surface area contributed by atoms with Crippen molar-refractivity contribution in [2.75, 3.05) is 13.1 Å². The van der Waals surface area contributed by atoms with Crippen LogP contribution in [0.3, 0.4) is 0 Å². The first kappa shape index (κ1) is 12.3. The van der Waals surface area contributed by atoms with Crippen LogP contribution in [0, 0.1) is 0 Å². The van der Waals surface area contributed by atoms with Gasteiger partial charge in [-0.25, -0.2) is 9.97 Å². The summed E-state index contributed by atoms with van der Waals surface area (Å²) in [5.41, 5.74) is 6.83. The normalized spacial score (nSPS) is 20.3. The molecule has 0 saturated carbocycles. The summed E-state index contributed by atoms with van der Waals surface area (Å²) in [6.07, 6.45) is 2.57. The van der Waals surface area contributed by atoms with Crippen LogP contribution in [0.15, 0.2) is 48.5 Å². The number of aromatic nitrogens is 2. The number of rotatable bonds is 1. The zero-order valence-electron chi connectivity index (χ0n) is 12.4. The van der Waals surface area contributed by atoms with Crippen molar-refractivity contribution >= 4 is 11.0 Å². The van der Waals surface area contributed by atoms with Crippen molar-refractivity contribution in [3.8, 4) is 11.3 Å². The maximum absolute atomic E-state index is 4.99. The number of hydrogen-bond acceptors (Lipinski definition) is 3. The van der Waals surface area contributed by atoms with Gasteiger partial charge in [0, 0.05) is 5.56 Å². The molecule has 0 N–H and O–H groups in total. The quantitative estimate of drug-likeness (QED) is 0.682. The molecule has 3 nitrogen and oxygen atoms in total. The number of fused-ring (bicyclic) bond motifs is 4. The van der Waals surface area contributed by atoms with Gasteiger partial charge in [-0.1, -0.05) is 36.4 Å². The van der Waals surface area contributed by atoms with E-state index in [9.17, 15) is 0 Å². The molecular formula is C19H17N3. The molecule has 1 aliphatic heterocycles. The zero-order valence-corrected chi connectivity index (χ0v) is 12.4. The fourth-order valence-corrected chi connectivity index (χ4v) is 3.87. The zero-order chi connectivity index (χ0) is 14.5. The van der Waals surface area contributed by atoms with Gasteiger partial charge in [0.15, 0.2) is 0 Å². The summed E-state index contributed by atoms with van der Waals surface area (Å²) >= 11 is 0. The summed E-state index contributed by atoms with van der Waals surface area (Å²) in [5.74, 6) is 0. The number of hydrogen-bond donors (Lipinski definition) is 0. The van der Waals surface area contributed by atoms with Gasteiger partial charge >= 0.3 is 0 Å². The summed E-state index contributed by atoms with van der Waals surface area (Å²) < 4.78 is 0. The Morgan fingerprint density at radius 1 is 0.818 bits per heavy atom. The Balaban J connectivity index is 1.79. The average Bonchev–Trinajstić information content (AvgIpc) is 3.18. The summed E-state index contributed by atoms with van der Waals surface area (Å²) in [6.45, 7) is 2.32.